The third-order valence-electron chi connectivity index (χ3n) is 16.7. The number of hydrogen-bond donors (Lipinski definition) is 3. The standard InChI is InChI=1S/2C23H27FN4O3.C12H13FN2O.ClH/c2*1-14-17(23(30)28-9-2-3-19(29)22(28)25-14)8-12-27-10-6-15(7-11-27)21-18-5-4-16(24)13-20(18)31-26-21;13-9-1-2-10-11(7-9)16-15-12(10)8-3-5-14-6-4-8;/h2*4-5,13,15,19,29H,2-3,6-12H2,1H3;1-2,7-8,14H,3-6H2;1H. The van der Waals surface area contributed by atoms with Gasteiger partial charge < -0.3 is 38.9 Å². The van der Waals surface area contributed by atoms with Crippen molar-refractivity contribution in [3.8, 4) is 0 Å². The summed E-state index contributed by atoms with van der Waals surface area (Å²) in [5, 5.41) is 38.9. The second-order valence-electron chi connectivity index (χ2n) is 21.7. The van der Waals surface area contributed by atoms with Crippen LogP contribution in [0.1, 0.15) is 145 Å². The van der Waals surface area contributed by atoms with Crippen LogP contribution in [-0.2, 0) is 25.9 Å². The zero-order chi connectivity index (χ0) is 54.0. The van der Waals surface area contributed by atoms with Gasteiger partial charge in [0.1, 0.15) is 41.3 Å². The minimum atomic E-state index is -0.641. The lowest BCUT2D eigenvalue weighted by Gasteiger charge is -2.31. The van der Waals surface area contributed by atoms with Crippen LogP contribution in [0.3, 0.4) is 0 Å². The Kier molecular flexibility index (Phi) is 17.4. The van der Waals surface area contributed by atoms with E-state index in [2.05, 4.69) is 40.6 Å². The molecule has 0 amide bonds. The Labute approximate surface area is 460 Å². The molecule has 10 heterocycles. The van der Waals surface area contributed by atoms with Gasteiger partial charge in [0.05, 0.1) is 17.1 Å². The SMILES string of the molecule is Cc1nc2n(c(=O)c1CCN1CCC(c3noc4cc(F)ccc34)CC1)CCCC2O.Cc1nc2n(c(=O)c1CCN1CCC(c3noc4cc(F)ccc34)CC1)CCCC2O.Cl.Fc1ccc2c(C3CCNCC3)noc2c1. The molecule has 0 saturated carbocycles. The van der Waals surface area contributed by atoms with Gasteiger partial charge >= 0.3 is 0 Å². The topological polar surface area (TPSA) is 207 Å². The summed E-state index contributed by atoms with van der Waals surface area (Å²) in [7, 11) is 0. The molecule has 0 radical (unpaired) electrons. The van der Waals surface area contributed by atoms with E-state index >= 15 is 0 Å². The van der Waals surface area contributed by atoms with Gasteiger partial charge in [-0.25, -0.2) is 23.1 Å². The van der Waals surface area contributed by atoms with Crippen LogP contribution in [0.15, 0.2) is 77.8 Å². The lowest BCUT2D eigenvalue weighted by molar-refractivity contribution is 0.129. The Morgan fingerprint density at radius 3 is 1.25 bits per heavy atom. The van der Waals surface area contributed by atoms with Gasteiger partial charge in [-0.1, -0.05) is 15.5 Å². The minimum Gasteiger partial charge on any atom is -0.385 e. The maximum Gasteiger partial charge on any atom is 0.257 e. The Morgan fingerprint density at radius 1 is 0.532 bits per heavy atom. The molecule has 5 aromatic heterocycles. The number of aliphatic hydroxyl groups excluding tert-OH is 2. The molecule has 3 N–H and O–H groups in total. The molecule has 3 saturated heterocycles. The number of nitrogens with zero attached hydrogens (tertiary/aromatic N) is 9. The monoisotopic (exact) mass is 1110 g/mol. The number of aromatic nitrogens is 7. The van der Waals surface area contributed by atoms with Gasteiger partial charge in [-0.3, -0.25) is 18.7 Å². The Hall–Kier alpha value is -6.29. The Bertz CT molecular complexity index is 3360. The highest BCUT2D eigenvalue weighted by molar-refractivity contribution is 5.85. The number of aryl methyl sites for hydroxylation is 2. The molecule has 79 heavy (non-hydrogen) atoms. The lowest BCUT2D eigenvalue weighted by atomic mass is 9.91. The van der Waals surface area contributed by atoms with Crippen molar-refractivity contribution in [2.45, 2.75) is 134 Å². The smallest absolute Gasteiger partial charge is 0.257 e. The molecule has 8 aromatic rings. The first kappa shape index (κ1) is 56.0. The fourth-order valence-corrected chi connectivity index (χ4v) is 12.3. The number of nitrogens with one attached hydrogen (secondary N) is 1. The van der Waals surface area contributed by atoms with E-state index in [4.69, 9.17) is 13.6 Å². The largest absolute Gasteiger partial charge is 0.385 e. The van der Waals surface area contributed by atoms with Crippen LogP contribution in [0.4, 0.5) is 13.2 Å². The third kappa shape index (κ3) is 12.1. The van der Waals surface area contributed by atoms with Gasteiger partial charge in [-0.05, 0) is 167 Å². The predicted octanol–water partition coefficient (Wildman–Crippen LogP) is 9.02. The summed E-state index contributed by atoms with van der Waals surface area (Å²) in [6.07, 6.45) is 8.90. The van der Waals surface area contributed by atoms with Crippen LogP contribution < -0.4 is 16.4 Å². The number of benzene rings is 3. The molecule has 17 nitrogen and oxygen atoms in total. The van der Waals surface area contributed by atoms with Crippen molar-refractivity contribution in [3.63, 3.8) is 0 Å². The highest BCUT2D eigenvalue weighted by atomic mass is 35.5. The van der Waals surface area contributed by atoms with Gasteiger partial charge in [-0.2, -0.15) is 0 Å². The lowest BCUT2D eigenvalue weighted by Crippen LogP contribution is -2.37. The van der Waals surface area contributed by atoms with Crippen LogP contribution in [0, 0.1) is 31.3 Å². The summed E-state index contributed by atoms with van der Waals surface area (Å²) in [6.45, 7) is 12.3. The molecule has 0 aliphatic carbocycles. The number of fused-ring (bicyclic) bond motifs is 5. The second-order valence-corrected chi connectivity index (χ2v) is 21.7. The van der Waals surface area contributed by atoms with Gasteiger partial charge in [0.25, 0.3) is 11.1 Å². The van der Waals surface area contributed by atoms with Crippen LogP contribution in [0.5, 0.6) is 0 Å². The highest BCUT2D eigenvalue weighted by Gasteiger charge is 2.30. The van der Waals surface area contributed by atoms with Crippen molar-refractivity contribution in [3.05, 3.63) is 144 Å². The molecule has 0 spiro atoms. The van der Waals surface area contributed by atoms with Gasteiger partial charge in [0.2, 0.25) is 0 Å². The fourth-order valence-electron chi connectivity index (χ4n) is 12.3. The summed E-state index contributed by atoms with van der Waals surface area (Å²) in [5.74, 6) is 1.14. The second kappa shape index (κ2) is 24.6. The van der Waals surface area contributed by atoms with Crippen molar-refractivity contribution in [1.82, 2.24) is 49.7 Å². The summed E-state index contributed by atoms with van der Waals surface area (Å²) in [6, 6.07) is 13.8. The molecule has 5 aliphatic heterocycles. The summed E-state index contributed by atoms with van der Waals surface area (Å²) in [4.78, 5) is 39.8. The Morgan fingerprint density at radius 2 is 0.886 bits per heavy atom. The van der Waals surface area contributed by atoms with Crippen LogP contribution in [0.25, 0.3) is 32.9 Å². The van der Waals surface area contributed by atoms with E-state index in [0.29, 0.717) is 84.9 Å². The average Bonchev–Trinajstić information content (AvgIpc) is 4.22. The maximum atomic E-state index is 13.4. The van der Waals surface area contributed by atoms with E-state index in [1.165, 1.54) is 36.4 Å². The van der Waals surface area contributed by atoms with Crippen molar-refractivity contribution in [2.24, 2.45) is 0 Å². The molecule has 3 fully saturated rings. The van der Waals surface area contributed by atoms with Crippen LogP contribution >= 0.6 is 12.4 Å². The van der Waals surface area contributed by atoms with E-state index in [1.807, 2.05) is 13.8 Å². The molecular formula is C58H68ClF3N10O7. The zero-order valence-corrected chi connectivity index (χ0v) is 45.5. The molecule has 5 aliphatic rings. The summed E-state index contributed by atoms with van der Waals surface area (Å²) in [5.41, 5.74) is 7.33. The van der Waals surface area contributed by atoms with Gasteiger partial charge in [0.15, 0.2) is 16.7 Å². The van der Waals surface area contributed by atoms with Crippen LogP contribution in [0.2, 0.25) is 0 Å². The van der Waals surface area contributed by atoms with E-state index in [-0.39, 0.29) is 41.0 Å². The fraction of sp³-hybridized carbons (Fsp3) is 0.500. The number of aliphatic hydroxyl groups is 2. The van der Waals surface area contributed by atoms with Crippen molar-refractivity contribution in [2.75, 3.05) is 52.4 Å². The number of rotatable bonds is 9. The Balaban J connectivity index is 0.000000140. The van der Waals surface area contributed by atoms with Gasteiger partial charge in [0, 0.05) is 101 Å². The normalized spacial score (nSPS) is 19.6. The molecule has 21 heteroatoms. The van der Waals surface area contributed by atoms with Crippen molar-refractivity contribution in [1.29, 1.82) is 0 Å². The summed E-state index contributed by atoms with van der Waals surface area (Å²) >= 11 is 0. The predicted molar refractivity (Wildman–Crippen MR) is 293 cm³/mol. The average molecular weight is 1110 g/mol. The molecule has 3 aromatic carbocycles. The number of halogens is 4. The van der Waals surface area contributed by atoms with E-state index in [9.17, 15) is 33.0 Å². The number of likely N-dealkylation sites (tertiary alicyclic amines) is 2. The molecule has 0 bridgehead atoms. The maximum absolute atomic E-state index is 13.4. The number of hydrogen-bond acceptors (Lipinski definition) is 15. The van der Waals surface area contributed by atoms with E-state index in [1.54, 1.807) is 27.3 Å². The first-order valence-electron chi connectivity index (χ1n) is 27.7. The van der Waals surface area contributed by atoms with Crippen LogP contribution in [-0.4, -0.2) is 107 Å². The molecule has 13 rings (SSSR count). The minimum absolute atomic E-state index is 0. The molecule has 2 atom stereocenters. The summed E-state index contributed by atoms with van der Waals surface area (Å²) < 4.78 is 58.9. The zero-order valence-electron chi connectivity index (χ0n) is 44.6. The van der Waals surface area contributed by atoms with Crippen molar-refractivity contribution < 1.29 is 37.0 Å². The highest BCUT2D eigenvalue weighted by Crippen LogP contribution is 2.36. The molecule has 420 valence electrons. The first-order valence-corrected chi connectivity index (χ1v) is 27.7. The molecular weight excluding hydrogens is 1040 g/mol. The molecule has 2 unspecified atom stereocenters. The van der Waals surface area contributed by atoms with Crippen molar-refractivity contribution >= 4 is 45.3 Å². The van der Waals surface area contributed by atoms with E-state index < -0.39 is 12.2 Å². The first-order chi connectivity index (χ1) is 37.9. The quantitative estimate of drug-likeness (QED) is 0.123. The third-order valence-corrected chi connectivity index (χ3v) is 16.7. The van der Waals surface area contributed by atoms with Gasteiger partial charge in [-0.15, -0.1) is 12.4 Å². The van der Waals surface area contributed by atoms with E-state index in [0.717, 1.165) is 159 Å². The number of piperidine rings is 3.